The Morgan fingerprint density at radius 3 is 2.65 bits per heavy atom. The van der Waals surface area contributed by atoms with E-state index in [9.17, 15) is 4.79 Å². The second-order valence-corrected chi connectivity index (χ2v) is 7.10. The minimum Gasteiger partial charge on any atom is -0.292 e. The van der Waals surface area contributed by atoms with Crippen molar-refractivity contribution in [2.24, 2.45) is 5.92 Å². The molecule has 1 saturated heterocycles. The Balaban J connectivity index is 1.75. The first kappa shape index (κ1) is 14.3. The van der Waals surface area contributed by atoms with Crippen molar-refractivity contribution >= 4 is 21.7 Å². The maximum absolute atomic E-state index is 12.7. The molecule has 1 aliphatic carbocycles. The van der Waals surface area contributed by atoms with Crippen LogP contribution in [0, 0.1) is 5.92 Å². The van der Waals surface area contributed by atoms with Gasteiger partial charge in [0.25, 0.3) is 0 Å². The fourth-order valence-corrected chi connectivity index (χ4v) is 4.24. The van der Waals surface area contributed by atoms with Gasteiger partial charge in [-0.3, -0.25) is 9.69 Å². The van der Waals surface area contributed by atoms with Gasteiger partial charge in [0.05, 0.1) is 6.04 Å². The SMILES string of the molecule is CC(C(=O)c1ccc(Br)cc1)N1CCCC2CCCC21. The zero-order valence-corrected chi connectivity index (χ0v) is 13.6. The summed E-state index contributed by atoms with van der Waals surface area (Å²) in [5.41, 5.74) is 0.834. The highest BCUT2D eigenvalue weighted by Crippen LogP contribution is 2.38. The number of ketones is 1. The molecule has 1 heterocycles. The van der Waals surface area contributed by atoms with Crippen LogP contribution in [0.4, 0.5) is 0 Å². The number of nitrogens with zero attached hydrogens (tertiary/aromatic N) is 1. The predicted octanol–water partition coefficient (Wildman–Crippen LogP) is 4.28. The summed E-state index contributed by atoms with van der Waals surface area (Å²) in [6.45, 7) is 3.18. The van der Waals surface area contributed by atoms with Gasteiger partial charge >= 0.3 is 0 Å². The second-order valence-electron chi connectivity index (χ2n) is 6.19. The Labute approximate surface area is 129 Å². The summed E-state index contributed by atoms with van der Waals surface area (Å²) in [6.07, 6.45) is 6.59. The molecule has 3 heteroatoms. The molecule has 3 rings (SSSR count). The van der Waals surface area contributed by atoms with Gasteiger partial charge in [0.15, 0.2) is 5.78 Å². The lowest BCUT2D eigenvalue weighted by Gasteiger charge is -2.41. The second kappa shape index (κ2) is 5.98. The van der Waals surface area contributed by atoms with Crippen molar-refractivity contribution in [3.8, 4) is 0 Å². The van der Waals surface area contributed by atoms with Crippen LogP contribution < -0.4 is 0 Å². The van der Waals surface area contributed by atoms with Crippen molar-refractivity contribution in [3.05, 3.63) is 34.3 Å². The molecule has 2 nitrogen and oxygen atoms in total. The summed E-state index contributed by atoms with van der Waals surface area (Å²) >= 11 is 3.42. The lowest BCUT2D eigenvalue weighted by atomic mass is 9.89. The summed E-state index contributed by atoms with van der Waals surface area (Å²) in [5, 5.41) is 0. The standard InChI is InChI=1S/C17H22BrNO/c1-12(17(20)14-7-9-15(18)10-8-14)19-11-3-5-13-4-2-6-16(13)19/h7-10,12-13,16H,2-6,11H2,1H3. The van der Waals surface area contributed by atoms with Gasteiger partial charge in [-0.1, -0.05) is 34.5 Å². The van der Waals surface area contributed by atoms with E-state index in [1.165, 1.54) is 32.1 Å². The van der Waals surface area contributed by atoms with E-state index in [-0.39, 0.29) is 11.8 Å². The van der Waals surface area contributed by atoms with Gasteiger partial charge in [-0.25, -0.2) is 0 Å². The molecular weight excluding hydrogens is 314 g/mol. The van der Waals surface area contributed by atoms with Crippen LogP contribution in [0.15, 0.2) is 28.7 Å². The number of hydrogen-bond donors (Lipinski definition) is 0. The molecule has 0 N–H and O–H groups in total. The third kappa shape index (κ3) is 2.71. The fraction of sp³-hybridized carbons (Fsp3) is 0.588. The highest BCUT2D eigenvalue weighted by atomic mass is 79.9. The zero-order valence-electron chi connectivity index (χ0n) is 12.0. The predicted molar refractivity (Wildman–Crippen MR) is 85.0 cm³/mol. The number of fused-ring (bicyclic) bond motifs is 1. The van der Waals surface area contributed by atoms with E-state index in [1.54, 1.807) is 0 Å². The third-order valence-corrected chi connectivity index (χ3v) is 5.57. The van der Waals surface area contributed by atoms with E-state index in [4.69, 9.17) is 0 Å². The largest absolute Gasteiger partial charge is 0.292 e. The average Bonchev–Trinajstić information content (AvgIpc) is 2.95. The molecule has 1 saturated carbocycles. The molecule has 0 spiro atoms. The molecular formula is C17H22BrNO. The van der Waals surface area contributed by atoms with Crippen LogP contribution in [0.1, 0.15) is 49.4 Å². The van der Waals surface area contributed by atoms with Crippen molar-refractivity contribution < 1.29 is 4.79 Å². The minimum atomic E-state index is 0.0158. The maximum Gasteiger partial charge on any atom is 0.179 e. The monoisotopic (exact) mass is 335 g/mol. The Morgan fingerprint density at radius 2 is 1.90 bits per heavy atom. The molecule has 1 aromatic rings. The van der Waals surface area contributed by atoms with Gasteiger partial charge in [0.1, 0.15) is 0 Å². The van der Waals surface area contributed by atoms with Crippen LogP contribution in [0.5, 0.6) is 0 Å². The van der Waals surface area contributed by atoms with Crippen LogP contribution in [-0.2, 0) is 0 Å². The highest BCUT2D eigenvalue weighted by Gasteiger charge is 2.38. The number of benzene rings is 1. The van der Waals surface area contributed by atoms with Crippen LogP contribution >= 0.6 is 15.9 Å². The smallest absolute Gasteiger partial charge is 0.179 e. The Bertz CT molecular complexity index is 484. The number of Topliss-reactive ketones (excluding diaryl/α,β-unsaturated/α-hetero) is 1. The van der Waals surface area contributed by atoms with Crippen molar-refractivity contribution in [3.63, 3.8) is 0 Å². The molecule has 1 aromatic carbocycles. The van der Waals surface area contributed by atoms with Crippen molar-refractivity contribution in [1.82, 2.24) is 4.90 Å². The molecule has 2 aliphatic rings. The molecule has 1 aliphatic heterocycles. The number of likely N-dealkylation sites (tertiary alicyclic amines) is 1. The number of carbonyl (C=O) groups is 1. The summed E-state index contributed by atoms with van der Waals surface area (Å²) in [5.74, 6) is 1.11. The molecule has 0 bridgehead atoms. The molecule has 0 amide bonds. The van der Waals surface area contributed by atoms with Crippen LogP contribution in [-0.4, -0.2) is 29.3 Å². The molecule has 0 radical (unpaired) electrons. The fourth-order valence-electron chi connectivity index (χ4n) is 3.98. The lowest BCUT2D eigenvalue weighted by molar-refractivity contribution is 0.0565. The topological polar surface area (TPSA) is 20.3 Å². The maximum atomic E-state index is 12.7. The Morgan fingerprint density at radius 1 is 1.20 bits per heavy atom. The molecule has 0 aromatic heterocycles. The van der Waals surface area contributed by atoms with Crippen LogP contribution in [0.2, 0.25) is 0 Å². The van der Waals surface area contributed by atoms with Gasteiger partial charge in [0.2, 0.25) is 0 Å². The lowest BCUT2D eigenvalue weighted by Crippen LogP contribution is -2.50. The minimum absolute atomic E-state index is 0.0158. The van der Waals surface area contributed by atoms with E-state index < -0.39 is 0 Å². The number of halogens is 1. The van der Waals surface area contributed by atoms with E-state index in [0.717, 1.165) is 22.5 Å². The van der Waals surface area contributed by atoms with Gasteiger partial charge in [0, 0.05) is 16.1 Å². The molecule has 20 heavy (non-hydrogen) atoms. The number of hydrogen-bond acceptors (Lipinski definition) is 2. The van der Waals surface area contributed by atoms with Crippen LogP contribution in [0.25, 0.3) is 0 Å². The Hall–Kier alpha value is -0.670. The highest BCUT2D eigenvalue weighted by molar-refractivity contribution is 9.10. The van der Waals surface area contributed by atoms with Crippen LogP contribution in [0.3, 0.4) is 0 Å². The quantitative estimate of drug-likeness (QED) is 0.768. The van der Waals surface area contributed by atoms with Gasteiger partial charge in [-0.2, -0.15) is 0 Å². The zero-order chi connectivity index (χ0) is 14.1. The third-order valence-electron chi connectivity index (χ3n) is 5.04. The van der Waals surface area contributed by atoms with Crippen molar-refractivity contribution in [2.45, 2.75) is 51.1 Å². The first-order valence-corrected chi connectivity index (χ1v) is 8.51. The van der Waals surface area contributed by atoms with Gasteiger partial charge in [-0.15, -0.1) is 0 Å². The molecule has 2 fully saturated rings. The average molecular weight is 336 g/mol. The summed E-state index contributed by atoms with van der Waals surface area (Å²) in [7, 11) is 0. The van der Waals surface area contributed by atoms with Gasteiger partial charge < -0.3 is 0 Å². The Kier molecular flexibility index (Phi) is 4.27. The number of carbonyl (C=O) groups excluding carboxylic acids is 1. The summed E-state index contributed by atoms with van der Waals surface area (Å²) in [6, 6.07) is 8.43. The van der Waals surface area contributed by atoms with Gasteiger partial charge in [-0.05, 0) is 57.2 Å². The molecule has 108 valence electrons. The van der Waals surface area contributed by atoms with Crippen molar-refractivity contribution in [1.29, 1.82) is 0 Å². The van der Waals surface area contributed by atoms with E-state index in [0.29, 0.717) is 6.04 Å². The first-order valence-electron chi connectivity index (χ1n) is 7.72. The number of piperidine rings is 1. The van der Waals surface area contributed by atoms with E-state index in [1.807, 2.05) is 24.3 Å². The first-order chi connectivity index (χ1) is 9.66. The summed E-state index contributed by atoms with van der Waals surface area (Å²) in [4.78, 5) is 15.2. The van der Waals surface area contributed by atoms with Crippen molar-refractivity contribution in [2.75, 3.05) is 6.54 Å². The van der Waals surface area contributed by atoms with E-state index >= 15 is 0 Å². The van der Waals surface area contributed by atoms with E-state index in [2.05, 4.69) is 27.8 Å². The molecule has 3 unspecified atom stereocenters. The summed E-state index contributed by atoms with van der Waals surface area (Å²) < 4.78 is 1.02. The normalized spacial score (nSPS) is 28.1. The molecule has 3 atom stereocenters. The number of rotatable bonds is 3.